The van der Waals surface area contributed by atoms with Crippen LogP contribution in [0.3, 0.4) is 0 Å². The molecule has 1 amide bonds. The van der Waals surface area contributed by atoms with E-state index >= 15 is 0 Å². The molecule has 2 aliphatic heterocycles. The smallest absolute Gasteiger partial charge is 0.243 e. The van der Waals surface area contributed by atoms with Gasteiger partial charge < -0.3 is 14.8 Å². The molecule has 2 aromatic heterocycles. The summed E-state index contributed by atoms with van der Waals surface area (Å²) in [6.45, 7) is 3.76. The lowest BCUT2D eigenvalue weighted by molar-refractivity contribution is -0.123. The zero-order valence-corrected chi connectivity index (χ0v) is 14.1. The molecule has 2 atom stereocenters. The van der Waals surface area contributed by atoms with Crippen LogP contribution in [-0.2, 0) is 17.8 Å². The summed E-state index contributed by atoms with van der Waals surface area (Å²) in [5.74, 6) is 1.28. The van der Waals surface area contributed by atoms with Crippen LogP contribution >= 0.6 is 11.3 Å². The lowest BCUT2D eigenvalue weighted by atomic mass is 10.1. The fourth-order valence-electron chi connectivity index (χ4n) is 3.63. The lowest BCUT2D eigenvalue weighted by Crippen LogP contribution is -2.49. The third-order valence-electron chi connectivity index (χ3n) is 4.68. The number of hydrogen-bond acceptors (Lipinski definition) is 5. The highest BCUT2D eigenvalue weighted by Crippen LogP contribution is 2.27. The topological polar surface area (TPSA) is 63.1 Å². The van der Waals surface area contributed by atoms with Gasteiger partial charge >= 0.3 is 0 Å². The predicted molar refractivity (Wildman–Crippen MR) is 89.7 cm³/mol. The summed E-state index contributed by atoms with van der Waals surface area (Å²) in [5.41, 5.74) is 1.05. The number of rotatable bonds is 3. The summed E-state index contributed by atoms with van der Waals surface area (Å²) in [7, 11) is 0. The normalized spacial score (nSPS) is 23.8. The number of fused-ring (bicyclic) bond motifs is 1. The highest BCUT2D eigenvalue weighted by molar-refractivity contribution is 7.13. The number of carbonyl (C=O) groups excluding carboxylic acids is 1. The molecule has 2 aliphatic rings. The number of nitrogens with zero attached hydrogens (tertiary/aromatic N) is 4. The molecule has 0 radical (unpaired) electrons. The second-order valence-corrected chi connectivity index (χ2v) is 7.23. The molecule has 0 aliphatic carbocycles. The van der Waals surface area contributed by atoms with Gasteiger partial charge in [0.1, 0.15) is 11.9 Å². The molecule has 23 heavy (non-hydrogen) atoms. The molecule has 7 heteroatoms. The predicted octanol–water partition coefficient (Wildman–Crippen LogP) is 1.75. The van der Waals surface area contributed by atoms with E-state index in [2.05, 4.69) is 30.9 Å². The molecular formula is C16H21N5OS. The Hall–Kier alpha value is -1.89. The van der Waals surface area contributed by atoms with Crippen molar-refractivity contribution in [3.8, 4) is 0 Å². The zero-order chi connectivity index (χ0) is 15.8. The third kappa shape index (κ3) is 2.85. The highest BCUT2D eigenvalue weighted by Gasteiger charge is 2.33. The Balaban J connectivity index is 1.42. The van der Waals surface area contributed by atoms with E-state index < -0.39 is 0 Å². The highest BCUT2D eigenvalue weighted by atomic mass is 32.1. The SMILES string of the molecule is Cc1cn2c(n1)CC[C@@H](NC(=O)[C@H]1CCCN1c1nccs1)C2. The van der Waals surface area contributed by atoms with Crippen LogP contribution in [0.1, 0.15) is 30.8 Å². The van der Waals surface area contributed by atoms with Gasteiger partial charge in [0, 0.05) is 43.3 Å². The fraction of sp³-hybridized carbons (Fsp3) is 0.562. The molecule has 0 bridgehead atoms. The van der Waals surface area contributed by atoms with Crippen LogP contribution in [0.25, 0.3) is 0 Å². The molecule has 4 heterocycles. The van der Waals surface area contributed by atoms with Crippen molar-refractivity contribution in [2.75, 3.05) is 11.4 Å². The second-order valence-electron chi connectivity index (χ2n) is 6.36. The van der Waals surface area contributed by atoms with Crippen LogP contribution in [-0.4, -0.2) is 39.1 Å². The lowest BCUT2D eigenvalue weighted by Gasteiger charge is -2.28. The maximum Gasteiger partial charge on any atom is 0.243 e. The van der Waals surface area contributed by atoms with Crippen molar-refractivity contribution in [3.05, 3.63) is 29.3 Å². The number of aromatic nitrogens is 3. The van der Waals surface area contributed by atoms with Gasteiger partial charge in [0.15, 0.2) is 5.13 Å². The molecular weight excluding hydrogens is 310 g/mol. The molecule has 0 saturated carbocycles. The first-order valence-electron chi connectivity index (χ1n) is 8.20. The average Bonchev–Trinajstić information content (AvgIpc) is 3.25. The first kappa shape index (κ1) is 14.7. The summed E-state index contributed by atoms with van der Waals surface area (Å²) in [6.07, 6.45) is 7.73. The molecule has 6 nitrogen and oxygen atoms in total. The molecule has 1 fully saturated rings. The average molecular weight is 331 g/mol. The first-order valence-corrected chi connectivity index (χ1v) is 9.08. The Kier molecular flexibility index (Phi) is 3.80. The van der Waals surface area contributed by atoms with Gasteiger partial charge in [-0.3, -0.25) is 4.79 Å². The van der Waals surface area contributed by atoms with Crippen LogP contribution in [0.15, 0.2) is 17.8 Å². The van der Waals surface area contributed by atoms with Crippen molar-refractivity contribution in [1.29, 1.82) is 0 Å². The Morgan fingerprint density at radius 1 is 1.43 bits per heavy atom. The fourth-order valence-corrected chi connectivity index (χ4v) is 4.35. The minimum absolute atomic E-state index is 0.0768. The van der Waals surface area contributed by atoms with E-state index in [0.29, 0.717) is 0 Å². The van der Waals surface area contributed by atoms with E-state index in [4.69, 9.17) is 0 Å². The molecule has 0 spiro atoms. The number of amides is 1. The van der Waals surface area contributed by atoms with Crippen LogP contribution in [0.2, 0.25) is 0 Å². The van der Waals surface area contributed by atoms with Crippen molar-refractivity contribution in [2.24, 2.45) is 0 Å². The van der Waals surface area contributed by atoms with Crippen molar-refractivity contribution in [2.45, 2.75) is 51.2 Å². The Labute approximate surface area is 139 Å². The summed E-state index contributed by atoms with van der Waals surface area (Å²) < 4.78 is 2.18. The number of thiazole rings is 1. The van der Waals surface area contributed by atoms with Gasteiger partial charge in [0.2, 0.25) is 5.91 Å². The van der Waals surface area contributed by atoms with Crippen LogP contribution < -0.4 is 10.2 Å². The van der Waals surface area contributed by atoms with Crippen LogP contribution in [0.5, 0.6) is 0 Å². The molecule has 4 rings (SSSR count). The Bertz CT molecular complexity index is 695. The van der Waals surface area contributed by atoms with Crippen molar-refractivity contribution in [1.82, 2.24) is 19.9 Å². The Morgan fingerprint density at radius 3 is 3.17 bits per heavy atom. The summed E-state index contributed by atoms with van der Waals surface area (Å²) in [4.78, 5) is 23.8. The van der Waals surface area contributed by atoms with E-state index in [1.165, 1.54) is 0 Å². The van der Waals surface area contributed by atoms with Crippen molar-refractivity contribution in [3.63, 3.8) is 0 Å². The minimum atomic E-state index is -0.0768. The summed E-state index contributed by atoms with van der Waals surface area (Å²) in [5, 5.41) is 6.17. The third-order valence-corrected chi connectivity index (χ3v) is 5.49. The monoisotopic (exact) mass is 331 g/mol. The number of anilines is 1. The zero-order valence-electron chi connectivity index (χ0n) is 13.2. The number of carbonyl (C=O) groups is 1. The largest absolute Gasteiger partial charge is 0.350 e. The number of imidazole rings is 1. The second kappa shape index (κ2) is 5.96. The quantitative estimate of drug-likeness (QED) is 0.931. The van der Waals surface area contributed by atoms with Gasteiger partial charge in [-0.15, -0.1) is 11.3 Å². The van der Waals surface area contributed by atoms with E-state index in [9.17, 15) is 4.79 Å². The van der Waals surface area contributed by atoms with Gasteiger partial charge in [0.05, 0.1) is 5.69 Å². The standard InChI is InChI=1S/C16H21N5OS/c1-11-9-20-10-12(4-5-14(20)18-11)19-15(22)13-3-2-7-21(13)16-17-6-8-23-16/h6,8-9,12-13H,2-5,7,10H2,1H3,(H,19,22)/t12-,13-/m1/s1. The Morgan fingerprint density at radius 2 is 2.35 bits per heavy atom. The molecule has 122 valence electrons. The van der Waals surface area contributed by atoms with Gasteiger partial charge in [-0.05, 0) is 26.2 Å². The van der Waals surface area contributed by atoms with Gasteiger partial charge in [0.25, 0.3) is 0 Å². The number of nitrogens with one attached hydrogen (secondary N) is 1. The van der Waals surface area contributed by atoms with Gasteiger partial charge in [-0.2, -0.15) is 0 Å². The molecule has 1 saturated heterocycles. The maximum atomic E-state index is 12.7. The molecule has 0 unspecified atom stereocenters. The van der Waals surface area contributed by atoms with Crippen LogP contribution in [0.4, 0.5) is 5.13 Å². The summed E-state index contributed by atoms with van der Waals surface area (Å²) >= 11 is 1.60. The molecule has 2 aromatic rings. The van der Waals surface area contributed by atoms with E-state index in [0.717, 1.165) is 55.4 Å². The van der Waals surface area contributed by atoms with Crippen molar-refractivity contribution < 1.29 is 4.79 Å². The van der Waals surface area contributed by atoms with E-state index in [-0.39, 0.29) is 18.0 Å². The molecule has 0 aromatic carbocycles. The van der Waals surface area contributed by atoms with Crippen molar-refractivity contribution >= 4 is 22.4 Å². The van der Waals surface area contributed by atoms with E-state index in [1.54, 1.807) is 17.5 Å². The molecule has 1 N–H and O–H groups in total. The van der Waals surface area contributed by atoms with Crippen LogP contribution in [0, 0.1) is 6.92 Å². The van der Waals surface area contributed by atoms with E-state index in [1.807, 2.05) is 12.3 Å². The first-order chi connectivity index (χ1) is 11.2. The summed E-state index contributed by atoms with van der Waals surface area (Å²) in [6, 6.07) is 0.120. The minimum Gasteiger partial charge on any atom is -0.350 e. The van der Waals surface area contributed by atoms with Gasteiger partial charge in [-0.25, -0.2) is 9.97 Å². The maximum absolute atomic E-state index is 12.7. The van der Waals surface area contributed by atoms with Gasteiger partial charge in [-0.1, -0.05) is 0 Å². The number of hydrogen-bond donors (Lipinski definition) is 1. The number of aryl methyl sites for hydroxylation is 2.